The predicted molar refractivity (Wildman–Crippen MR) is 532 cm³/mol. The number of carbonyl (C=O) groups is 2. The second-order valence-electron chi connectivity index (χ2n) is 29.5. The van der Waals surface area contributed by atoms with Crippen molar-refractivity contribution in [3.63, 3.8) is 0 Å². The zero-order chi connectivity index (χ0) is 96.1. The molecule has 6 aliphatic heterocycles. The van der Waals surface area contributed by atoms with Crippen LogP contribution >= 0.6 is 23.2 Å². The summed E-state index contributed by atoms with van der Waals surface area (Å²) >= 11 is 11.9. The van der Waals surface area contributed by atoms with E-state index in [9.17, 15) is 23.5 Å². The van der Waals surface area contributed by atoms with Gasteiger partial charge in [-0.3, -0.25) is 9.80 Å². The van der Waals surface area contributed by atoms with Gasteiger partial charge in [-0.1, -0.05) is 72.8 Å². The van der Waals surface area contributed by atoms with Crippen LogP contribution in [0.15, 0.2) is 109 Å². The molecule has 680 valence electrons. The average Bonchev–Trinajstić information content (AvgIpc) is 1.60. The van der Waals surface area contributed by atoms with Crippen molar-refractivity contribution in [2.24, 2.45) is 0 Å². The number of quaternary nitrogens is 1. The van der Waals surface area contributed by atoms with Crippen LogP contribution in [-0.4, -0.2) is 105 Å². The minimum atomic E-state index is -1.28. The van der Waals surface area contributed by atoms with Crippen LogP contribution in [-0.2, 0) is 52.0 Å². The average molecular weight is 1890 g/mol. The first-order chi connectivity index (χ1) is 67.0. The van der Waals surface area contributed by atoms with Gasteiger partial charge in [0.05, 0.1) is 90.2 Å². The molecule has 141 heavy (non-hydrogen) atoms. The minimum absolute atomic E-state index is 0. The quantitative estimate of drug-likeness (QED) is 0.0606. The van der Waals surface area contributed by atoms with Crippen molar-refractivity contribution in [3.8, 4) is 319 Å². The number of aromatic nitrogens is 4. The van der Waals surface area contributed by atoms with Gasteiger partial charge in [0.2, 0.25) is 0 Å². The number of esters is 1. The maximum Gasteiger partial charge on any atom is 1.00 e. The zero-order valence-electron chi connectivity index (χ0n) is 76.7. The zero-order valence-corrected chi connectivity index (χ0v) is 78.3. The molecule has 2 aromatic heterocycles. The molecule has 23 heteroatoms. The molecule has 4 atom stereocenters. The van der Waals surface area contributed by atoms with E-state index >= 15 is 0 Å². The van der Waals surface area contributed by atoms with Gasteiger partial charge in [-0.15, -0.1) is 0 Å². The maximum atomic E-state index is 14.8. The van der Waals surface area contributed by atoms with E-state index in [0.717, 1.165) is 123 Å². The molecular formula is C118H78Cl2F2LiN7O11. The molecule has 14 rings (SSSR count). The van der Waals surface area contributed by atoms with E-state index in [1.165, 1.54) is 19.2 Å². The summed E-state index contributed by atoms with van der Waals surface area (Å²) in [6, 6.07) is 31.3. The molecule has 0 radical (unpaired) electrons. The third kappa shape index (κ3) is 32.5. The van der Waals surface area contributed by atoms with Crippen LogP contribution in [0.4, 0.5) is 8.78 Å². The van der Waals surface area contributed by atoms with Crippen LogP contribution in [0.3, 0.4) is 0 Å². The molecule has 0 amide bonds. The Kier molecular flexibility index (Phi) is 44.0. The van der Waals surface area contributed by atoms with Crippen molar-refractivity contribution in [2.75, 3.05) is 46.5 Å². The molecule has 6 aliphatic rings. The van der Waals surface area contributed by atoms with Crippen LogP contribution in [0.2, 0.25) is 10.0 Å². The summed E-state index contributed by atoms with van der Waals surface area (Å²) in [5.74, 6) is 126. The Morgan fingerprint density at radius 1 is 0.418 bits per heavy atom. The largest absolute Gasteiger partial charge is 1.00 e. The van der Waals surface area contributed by atoms with Gasteiger partial charge in [-0.25, -0.2) is 23.5 Å². The Labute approximate surface area is 844 Å². The summed E-state index contributed by atoms with van der Waals surface area (Å²) in [4.78, 5) is 38.4. The Morgan fingerprint density at radius 3 is 0.965 bits per heavy atom. The number of ether oxygens (including phenoxy) is 7. The van der Waals surface area contributed by atoms with Gasteiger partial charge in [-0.05, 0) is 270 Å². The summed E-state index contributed by atoms with van der Waals surface area (Å²) in [5, 5.41) is 12.2. The fourth-order valence-corrected chi connectivity index (χ4v) is 14.6. The molecule has 5 N–H and O–H groups in total. The fourth-order valence-electron chi connectivity index (χ4n) is 14.3. The number of carbonyl (C=O) groups excluding carboxylic acids is 2. The number of likely N-dealkylation sites (tertiary alicyclic amines) is 2. The number of fused-ring (bicyclic) bond motifs is 4. The Bertz CT molecular complexity index is 7790. The maximum absolute atomic E-state index is 14.8. The summed E-state index contributed by atoms with van der Waals surface area (Å²) in [5.41, 5.74) is 6.73. The Morgan fingerprint density at radius 2 is 0.702 bits per heavy atom. The molecule has 18 nitrogen and oxygen atoms in total. The molecular weight excluding hydrogens is 1810 g/mol. The molecule has 8 aromatic rings. The number of carboxylic acids is 1. The number of nitrogens with zero attached hydrogens (tertiary/aromatic N) is 6. The number of rotatable bonds is 14. The van der Waals surface area contributed by atoms with Crippen molar-refractivity contribution < 1.29 is 81.0 Å². The van der Waals surface area contributed by atoms with Crippen molar-refractivity contribution >= 4 is 57.2 Å². The summed E-state index contributed by atoms with van der Waals surface area (Å²) in [6.45, 7) is 14.5. The molecule has 0 spiro atoms. The number of halogens is 4. The Balaban J connectivity index is 0.000000256. The van der Waals surface area contributed by atoms with Crippen molar-refractivity contribution in [1.82, 2.24) is 35.1 Å². The van der Waals surface area contributed by atoms with E-state index in [2.05, 4.69) is 327 Å². The van der Waals surface area contributed by atoms with Crippen LogP contribution < -0.4 is 49.1 Å². The van der Waals surface area contributed by atoms with E-state index in [4.69, 9.17) is 66.3 Å². The van der Waals surface area contributed by atoms with Gasteiger partial charge in [0, 0.05) is 238 Å². The molecule has 4 fully saturated rings. The molecule has 8 heterocycles. The molecule has 0 unspecified atom stereocenters. The molecule has 0 aliphatic carbocycles. The molecule has 0 saturated carbocycles. The second-order valence-corrected chi connectivity index (χ2v) is 30.4. The summed E-state index contributed by atoms with van der Waals surface area (Å²) in [7, 11) is 1.39. The van der Waals surface area contributed by atoms with E-state index in [1.54, 1.807) is 76.2 Å². The third-order valence-electron chi connectivity index (χ3n) is 20.7. The third-order valence-corrected chi connectivity index (χ3v) is 21.2. The molecule has 4 saturated heterocycles. The number of aromatic carboxylic acids is 1. The van der Waals surface area contributed by atoms with Crippen LogP contribution in [0.25, 0.3) is 22.1 Å². The van der Waals surface area contributed by atoms with Crippen molar-refractivity contribution in [1.29, 1.82) is 0 Å². The SMILES string of the molecule is C.CC#CC#CC#CC#CC#CC#CC#CC#CC#CC#CC#CC#CC#CC#CC#CC#CC#CC#CC#CC#CC#CC#CC#CC#CC#CC.COC(=O)c1ccc2nc(CN3CCC(c4cccc5c4O[C@](C)(c4ccc(Cl)cc4F)O5)CC3)n(C[C@@H]3CCO3)c2c1.C[C@@]1(c2ccc(Cl)cc2F)Oc2cccc(C3CCN(Cc4nc5ccc(C(=O)[O-])cc5n4C[C@@H]4CCO4)CC3)c2O1.[Li+].[NH4+].[OH-]. The first-order valence-electron chi connectivity index (χ1n) is 42.2. The van der Waals surface area contributed by atoms with E-state index in [-0.39, 0.29) is 73.5 Å². The Hall–Kier alpha value is -17.8. The van der Waals surface area contributed by atoms with E-state index in [1.807, 2.05) is 36.4 Å². The van der Waals surface area contributed by atoms with Gasteiger partial charge in [0.25, 0.3) is 11.6 Å². The van der Waals surface area contributed by atoms with Gasteiger partial charge >= 0.3 is 24.8 Å². The number of hydrogen-bond acceptors (Lipinski definition) is 15. The number of piperidine rings is 2. The predicted octanol–water partition coefficient (Wildman–Crippen LogP) is 10.4. The first kappa shape index (κ1) is 109. The van der Waals surface area contributed by atoms with Crippen LogP contribution in [0.5, 0.6) is 23.0 Å². The minimum Gasteiger partial charge on any atom is -0.870 e. The number of benzene rings is 6. The summed E-state index contributed by atoms with van der Waals surface area (Å²) in [6.07, 6.45) is 5.93. The number of methoxy groups -OCH3 is 1. The van der Waals surface area contributed by atoms with Gasteiger partial charge < -0.3 is 63.8 Å². The summed E-state index contributed by atoms with van der Waals surface area (Å²) < 4.78 is 75.4. The number of carboxylic acid groups (broad SMARTS) is 1. The standard InChI is InChI=1S/C52H6.C33H33ClFN3O5.C32H31ClFN3O5.CH4.Li.H3N.H2O/c1-3-5-7-9-11-13-15-17-19-21-23-25-27-29-31-33-35-37-39-41-43-45-47-49-51-52-50-48-46-44-42-40-38-36-34-32-30-28-26-24-22-20-18-16-14-12-10-8-6-4-2;1-33(25-8-7-22(34)17-26(25)35)42-29-5-3-4-24(31(29)43-33)20-10-13-37(14-11-20)19-30-36-27-9-6-21(32(39)40-2)16-28(27)38(30)18-23-12-15-41-23;1-32(24-7-6-21(33)16-25(24)34)41-28-4-2-3-23(30(28)42-32)19-9-12-36(13-10-19)18-29-35-26-8-5-20(31(38)39)15-27(26)37(29)17-22-11-14-40-22;;;;/h1-2H3;3-9,16-17,20,23H,10-15,18-19H2,1-2H3;2-8,15-16,19,22H,9-14,17-18H2,1H3,(H,38,39);1H4;;1H3;1H2/q;;;;+1;;/p-1/t;23-,33+;22-,32+;;;;/m.00..../s1. The van der Waals surface area contributed by atoms with Gasteiger partial charge in [0.1, 0.15) is 23.3 Å². The fraction of sp³-hybridized carbons (Fsp3) is 0.237. The first-order valence-corrected chi connectivity index (χ1v) is 43.0. The smallest absolute Gasteiger partial charge is 0.870 e. The van der Waals surface area contributed by atoms with Crippen LogP contribution in [0.1, 0.15) is 140 Å². The topological polar surface area (TPSA) is 230 Å². The normalized spacial score (nSPS) is 14.9. The van der Waals surface area contributed by atoms with Crippen molar-refractivity contribution in [2.45, 2.75) is 135 Å². The van der Waals surface area contributed by atoms with E-state index < -0.39 is 29.2 Å². The van der Waals surface area contributed by atoms with E-state index in [0.29, 0.717) is 75.9 Å². The van der Waals surface area contributed by atoms with Gasteiger partial charge in [-0.2, -0.15) is 0 Å². The van der Waals surface area contributed by atoms with Crippen molar-refractivity contribution in [3.05, 3.63) is 176 Å². The number of para-hydroxylation sites is 2. The van der Waals surface area contributed by atoms with Crippen LogP contribution in [0, 0.1) is 308 Å². The molecule has 0 bridgehead atoms. The monoisotopic (exact) mass is 1880 g/mol. The second kappa shape index (κ2) is 57.2. The number of hydrogen-bond donors (Lipinski definition) is 1. The van der Waals surface area contributed by atoms with Gasteiger partial charge in [0.15, 0.2) is 23.0 Å². The number of imidazole rings is 2. The molecule has 6 aromatic carbocycles.